The van der Waals surface area contributed by atoms with E-state index in [0.29, 0.717) is 24.6 Å². The van der Waals surface area contributed by atoms with Gasteiger partial charge >= 0.3 is 11.6 Å². The van der Waals surface area contributed by atoms with Gasteiger partial charge in [0.05, 0.1) is 12.0 Å². The van der Waals surface area contributed by atoms with Gasteiger partial charge in [-0.2, -0.15) is 4.98 Å². The van der Waals surface area contributed by atoms with Crippen molar-refractivity contribution in [2.24, 2.45) is 0 Å². The number of hydrogen-bond donors (Lipinski definition) is 0. The number of benzene rings is 2. The van der Waals surface area contributed by atoms with Crippen LogP contribution < -0.4 is 14.4 Å². The Morgan fingerprint density at radius 1 is 0.968 bits per heavy atom. The number of anilines is 1. The summed E-state index contributed by atoms with van der Waals surface area (Å²) in [4.78, 5) is 23.9. The van der Waals surface area contributed by atoms with E-state index in [2.05, 4.69) is 27.0 Å². The molecule has 1 fully saturated rings. The van der Waals surface area contributed by atoms with Crippen LogP contribution in [0.5, 0.6) is 17.4 Å². The van der Waals surface area contributed by atoms with Crippen LogP contribution in [0.4, 0.5) is 11.5 Å². The van der Waals surface area contributed by atoms with Crippen LogP contribution in [0.2, 0.25) is 0 Å². The van der Waals surface area contributed by atoms with Gasteiger partial charge in [-0.3, -0.25) is 15.0 Å². The van der Waals surface area contributed by atoms with Gasteiger partial charge in [0.1, 0.15) is 6.33 Å². The van der Waals surface area contributed by atoms with Gasteiger partial charge < -0.3 is 14.4 Å². The van der Waals surface area contributed by atoms with Crippen LogP contribution in [-0.4, -0.2) is 53.1 Å². The van der Waals surface area contributed by atoms with E-state index in [4.69, 9.17) is 9.47 Å². The third-order valence-electron chi connectivity index (χ3n) is 5.15. The molecule has 0 N–H and O–H groups in total. The molecule has 1 aliphatic rings. The highest BCUT2D eigenvalue weighted by Crippen LogP contribution is 2.38. The number of methoxy groups -OCH3 is 1. The number of para-hydroxylation sites is 2. The average Bonchev–Trinajstić information content (AvgIpc) is 2.80. The molecule has 1 aliphatic heterocycles. The van der Waals surface area contributed by atoms with E-state index in [0.717, 1.165) is 19.6 Å². The first kappa shape index (κ1) is 20.5. The van der Waals surface area contributed by atoms with Gasteiger partial charge in [0.15, 0.2) is 11.5 Å². The van der Waals surface area contributed by atoms with Gasteiger partial charge in [-0.05, 0) is 17.7 Å². The Bertz CT molecular complexity index is 1040. The minimum absolute atomic E-state index is 0.105. The third-order valence-corrected chi connectivity index (χ3v) is 5.15. The van der Waals surface area contributed by atoms with Crippen molar-refractivity contribution in [2.75, 3.05) is 38.2 Å². The largest absolute Gasteiger partial charge is 0.493 e. The van der Waals surface area contributed by atoms with Crippen LogP contribution in [0, 0.1) is 10.1 Å². The Kier molecular flexibility index (Phi) is 6.23. The van der Waals surface area contributed by atoms with E-state index in [-0.39, 0.29) is 17.4 Å². The van der Waals surface area contributed by atoms with Crippen molar-refractivity contribution in [1.29, 1.82) is 0 Å². The lowest BCUT2D eigenvalue weighted by Gasteiger charge is -2.35. The van der Waals surface area contributed by atoms with Crippen molar-refractivity contribution in [3.63, 3.8) is 0 Å². The Morgan fingerprint density at radius 2 is 1.65 bits per heavy atom. The summed E-state index contributed by atoms with van der Waals surface area (Å²) < 4.78 is 11.0. The quantitative estimate of drug-likeness (QED) is 0.423. The average molecular weight is 421 g/mol. The number of hydrogen-bond acceptors (Lipinski definition) is 8. The third kappa shape index (κ3) is 4.72. The molecule has 3 aromatic rings. The maximum atomic E-state index is 11.9. The normalized spacial score (nSPS) is 14.3. The zero-order valence-corrected chi connectivity index (χ0v) is 17.2. The number of rotatable bonds is 7. The highest BCUT2D eigenvalue weighted by molar-refractivity contribution is 5.64. The van der Waals surface area contributed by atoms with Crippen LogP contribution in [0.1, 0.15) is 5.56 Å². The summed E-state index contributed by atoms with van der Waals surface area (Å²) in [7, 11) is 1.51. The molecule has 4 rings (SSSR count). The minimum Gasteiger partial charge on any atom is -0.493 e. The minimum atomic E-state index is -0.490. The summed E-state index contributed by atoms with van der Waals surface area (Å²) in [5.74, 6) is 0.979. The zero-order valence-electron chi connectivity index (χ0n) is 17.2. The molecule has 0 bridgehead atoms. The smallest absolute Gasteiger partial charge is 0.373 e. The number of piperazine rings is 1. The van der Waals surface area contributed by atoms with Crippen LogP contribution in [0.25, 0.3) is 0 Å². The van der Waals surface area contributed by atoms with Crippen molar-refractivity contribution >= 4 is 11.5 Å². The summed E-state index contributed by atoms with van der Waals surface area (Å²) in [6, 6.07) is 17.2. The van der Waals surface area contributed by atoms with E-state index in [1.807, 2.05) is 23.1 Å². The molecular weight excluding hydrogens is 398 g/mol. The van der Waals surface area contributed by atoms with E-state index >= 15 is 0 Å². The van der Waals surface area contributed by atoms with Crippen molar-refractivity contribution in [3.8, 4) is 17.4 Å². The maximum Gasteiger partial charge on any atom is 0.373 e. The second-order valence-corrected chi connectivity index (χ2v) is 7.11. The molecule has 2 heterocycles. The molecule has 160 valence electrons. The predicted octanol–water partition coefficient (Wildman–Crippen LogP) is 3.51. The molecule has 2 aromatic carbocycles. The lowest BCUT2D eigenvalue weighted by atomic mass is 10.2. The molecule has 0 unspecified atom stereocenters. The van der Waals surface area contributed by atoms with Crippen molar-refractivity contribution < 1.29 is 14.4 Å². The lowest BCUT2D eigenvalue weighted by molar-refractivity contribution is -0.385. The summed E-state index contributed by atoms with van der Waals surface area (Å²) in [5, 5.41) is 11.9. The second-order valence-electron chi connectivity index (χ2n) is 7.11. The predicted molar refractivity (Wildman–Crippen MR) is 116 cm³/mol. The van der Waals surface area contributed by atoms with E-state index < -0.39 is 4.92 Å². The highest BCUT2D eigenvalue weighted by atomic mass is 16.6. The standard InChI is InChI=1S/C22H23N5O4/c1-30-18-9-5-6-10-19(18)31-22-20(27(28)29)21(23-16-24-22)26-13-11-25(12-14-26)15-17-7-3-2-4-8-17/h2-10,16H,11-15H2,1H3. The Morgan fingerprint density at radius 3 is 2.32 bits per heavy atom. The first-order chi connectivity index (χ1) is 15.2. The zero-order chi connectivity index (χ0) is 21.6. The summed E-state index contributed by atoms with van der Waals surface area (Å²) in [5.41, 5.74) is 1.00. The van der Waals surface area contributed by atoms with E-state index in [9.17, 15) is 10.1 Å². The fraction of sp³-hybridized carbons (Fsp3) is 0.273. The molecule has 1 saturated heterocycles. The summed E-state index contributed by atoms with van der Waals surface area (Å²) >= 11 is 0. The van der Waals surface area contributed by atoms with Gasteiger partial charge in [-0.1, -0.05) is 42.5 Å². The van der Waals surface area contributed by atoms with Crippen LogP contribution in [-0.2, 0) is 6.54 Å². The fourth-order valence-corrected chi connectivity index (χ4v) is 3.59. The van der Waals surface area contributed by atoms with Crippen molar-refractivity contribution in [3.05, 3.63) is 76.6 Å². The molecule has 1 aromatic heterocycles. The maximum absolute atomic E-state index is 11.9. The van der Waals surface area contributed by atoms with Gasteiger partial charge in [0.25, 0.3) is 0 Å². The molecule has 9 heteroatoms. The molecule has 0 radical (unpaired) electrons. The molecule has 0 atom stereocenters. The molecule has 31 heavy (non-hydrogen) atoms. The Balaban J connectivity index is 1.52. The van der Waals surface area contributed by atoms with Crippen molar-refractivity contribution in [2.45, 2.75) is 6.54 Å². The Labute approximate surface area is 180 Å². The number of ether oxygens (including phenoxy) is 2. The number of nitrogens with zero attached hydrogens (tertiary/aromatic N) is 5. The Hall–Kier alpha value is -3.72. The molecule has 0 saturated carbocycles. The number of nitro groups is 1. The molecule has 0 spiro atoms. The van der Waals surface area contributed by atoms with E-state index in [1.165, 1.54) is 19.0 Å². The molecular formula is C22H23N5O4. The first-order valence-corrected chi connectivity index (χ1v) is 9.97. The SMILES string of the molecule is COc1ccccc1Oc1ncnc(N2CCN(Cc3ccccc3)CC2)c1[N+](=O)[O-]. The molecule has 9 nitrogen and oxygen atoms in total. The van der Waals surface area contributed by atoms with Crippen LogP contribution in [0.15, 0.2) is 60.9 Å². The monoisotopic (exact) mass is 421 g/mol. The first-order valence-electron chi connectivity index (χ1n) is 9.97. The van der Waals surface area contributed by atoms with Gasteiger partial charge in [-0.25, -0.2) is 4.98 Å². The summed E-state index contributed by atoms with van der Waals surface area (Å²) in [6.45, 7) is 3.65. The second kappa shape index (κ2) is 9.40. The van der Waals surface area contributed by atoms with Gasteiger partial charge in [-0.15, -0.1) is 0 Å². The van der Waals surface area contributed by atoms with E-state index in [1.54, 1.807) is 24.3 Å². The van der Waals surface area contributed by atoms with Gasteiger partial charge in [0.2, 0.25) is 5.82 Å². The fourth-order valence-electron chi connectivity index (χ4n) is 3.59. The number of aromatic nitrogens is 2. The molecule has 0 aliphatic carbocycles. The van der Waals surface area contributed by atoms with Crippen LogP contribution >= 0.6 is 0 Å². The van der Waals surface area contributed by atoms with Crippen molar-refractivity contribution in [1.82, 2.24) is 14.9 Å². The summed E-state index contributed by atoms with van der Waals surface area (Å²) in [6.07, 6.45) is 1.30. The van der Waals surface area contributed by atoms with Crippen LogP contribution in [0.3, 0.4) is 0 Å². The topological polar surface area (TPSA) is 93.9 Å². The highest BCUT2D eigenvalue weighted by Gasteiger charge is 2.31. The molecule has 0 amide bonds. The lowest BCUT2D eigenvalue weighted by Crippen LogP contribution is -2.46. The van der Waals surface area contributed by atoms with Gasteiger partial charge in [0, 0.05) is 32.7 Å².